The van der Waals surface area contributed by atoms with Crippen LogP contribution in [-0.4, -0.2) is 41.4 Å². The Morgan fingerprint density at radius 3 is 2.78 bits per heavy atom. The van der Waals surface area contributed by atoms with Crippen LogP contribution in [0.1, 0.15) is 36.4 Å². The second-order valence-electron chi connectivity index (χ2n) is 5.87. The molecule has 0 spiro atoms. The van der Waals surface area contributed by atoms with Gasteiger partial charge in [0.25, 0.3) is 0 Å². The van der Waals surface area contributed by atoms with E-state index in [0.717, 1.165) is 47.4 Å². The number of pyridine rings is 1. The van der Waals surface area contributed by atoms with E-state index in [1.54, 1.807) is 24.6 Å². The minimum atomic E-state index is 0.244. The third-order valence-corrected chi connectivity index (χ3v) is 5.17. The van der Waals surface area contributed by atoms with Gasteiger partial charge in [0.15, 0.2) is 0 Å². The highest BCUT2D eigenvalue weighted by Gasteiger charge is 2.23. The Balaban J connectivity index is 1.56. The topological polar surface area (TPSA) is 63.2 Å². The Labute approximate surface area is 140 Å². The first kappa shape index (κ1) is 16.1. The van der Waals surface area contributed by atoms with E-state index in [9.17, 15) is 0 Å². The van der Waals surface area contributed by atoms with E-state index in [2.05, 4.69) is 32.3 Å². The predicted octanol–water partition coefficient (Wildman–Crippen LogP) is 2.57. The minimum Gasteiger partial charge on any atom is -0.495 e. The SMILES string of the molecule is COc1cnccc1[C@H](C)NC1CCN(c2nnc(C)s2)CC1. The highest BCUT2D eigenvalue weighted by atomic mass is 32.1. The molecule has 1 N–H and O–H groups in total. The third kappa shape index (κ3) is 3.79. The van der Waals surface area contributed by atoms with E-state index in [-0.39, 0.29) is 6.04 Å². The van der Waals surface area contributed by atoms with Gasteiger partial charge in [-0.1, -0.05) is 11.3 Å². The largest absolute Gasteiger partial charge is 0.495 e. The first-order chi connectivity index (χ1) is 11.2. The molecule has 1 fully saturated rings. The van der Waals surface area contributed by atoms with E-state index < -0.39 is 0 Å². The van der Waals surface area contributed by atoms with Gasteiger partial charge in [-0.15, -0.1) is 10.2 Å². The van der Waals surface area contributed by atoms with Crippen molar-refractivity contribution in [3.8, 4) is 5.75 Å². The Bertz CT molecular complexity index is 639. The molecule has 3 rings (SSSR count). The van der Waals surface area contributed by atoms with Gasteiger partial charge in [0.05, 0.1) is 13.3 Å². The fourth-order valence-corrected chi connectivity index (χ4v) is 3.75. The molecule has 1 aliphatic rings. The lowest BCUT2D eigenvalue weighted by Gasteiger charge is -2.33. The van der Waals surface area contributed by atoms with Crippen molar-refractivity contribution in [2.45, 2.75) is 38.8 Å². The molecule has 0 bridgehead atoms. The van der Waals surface area contributed by atoms with Crippen LogP contribution in [0.3, 0.4) is 0 Å². The number of anilines is 1. The van der Waals surface area contributed by atoms with Gasteiger partial charge < -0.3 is 15.0 Å². The summed E-state index contributed by atoms with van der Waals surface area (Å²) in [5.74, 6) is 0.842. The molecule has 2 aromatic heterocycles. The van der Waals surface area contributed by atoms with Crippen molar-refractivity contribution < 1.29 is 4.74 Å². The van der Waals surface area contributed by atoms with Gasteiger partial charge in [0.1, 0.15) is 10.8 Å². The summed E-state index contributed by atoms with van der Waals surface area (Å²) in [6.45, 7) is 6.22. The van der Waals surface area contributed by atoms with Crippen molar-refractivity contribution in [1.82, 2.24) is 20.5 Å². The Kier molecular flexibility index (Phi) is 5.07. The number of hydrogen-bond acceptors (Lipinski definition) is 7. The zero-order valence-electron chi connectivity index (χ0n) is 13.8. The Morgan fingerprint density at radius 2 is 2.13 bits per heavy atom. The number of aryl methyl sites for hydroxylation is 1. The molecule has 23 heavy (non-hydrogen) atoms. The summed E-state index contributed by atoms with van der Waals surface area (Å²) in [4.78, 5) is 6.45. The highest BCUT2D eigenvalue weighted by Crippen LogP contribution is 2.27. The quantitative estimate of drug-likeness (QED) is 0.907. The summed E-state index contributed by atoms with van der Waals surface area (Å²) in [5, 5.41) is 14.1. The highest BCUT2D eigenvalue weighted by molar-refractivity contribution is 7.15. The molecule has 124 valence electrons. The van der Waals surface area contributed by atoms with E-state index in [4.69, 9.17) is 4.74 Å². The summed E-state index contributed by atoms with van der Waals surface area (Å²) in [5.41, 5.74) is 1.16. The lowest BCUT2D eigenvalue weighted by Crippen LogP contribution is -2.43. The number of ether oxygens (including phenoxy) is 1. The molecule has 1 atom stereocenters. The molecule has 1 saturated heterocycles. The van der Waals surface area contributed by atoms with Crippen molar-refractivity contribution >= 4 is 16.5 Å². The summed E-state index contributed by atoms with van der Waals surface area (Å²) >= 11 is 1.67. The van der Waals surface area contributed by atoms with Crippen LogP contribution in [0.15, 0.2) is 18.5 Å². The fourth-order valence-electron chi connectivity index (χ4n) is 3.01. The number of rotatable bonds is 5. The summed E-state index contributed by atoms with van der Waals surface area (Å²) in [6.07, 6.45) is 5.80. The van der Waals surface area contributed by atoms with Gasteiger partial charge >= 0.3 is 0 Å². The molecule has 0 saturated carbocycles. The van der Waals surface area contributed by atoms with E-state index >= 15 is 0 Å². The van der Waals surface area contributed by atoms with Crippen LogP contribution in [0.25, 0.3) is 0 Å². The number of aromatic nitrogens is 3. The number of methoxy groups -OCH3 is 1. The van der Waals surface area contributed by atoms with Crippen molar-refractivity contribution in [2.75, 3.05) is 25.1 Å². The molecule has 3 heterocycles. The van der Waals surface area contributed by atoms with Gasteiger partial charge in [-0.25, -0.2) is 0 Å². The van der Waals surface area contributed by atoms with Gasteiger partial charge in [0.2, 0.25) is 5.13 Å². The van der Waals surface area contributed by atoms with Crippen molar-refractivity contribution in [3.05, 3.63) is 29.0 Å². The fraction of sp³-hybridized carbons (Fsp3) is 0.562. The van der Waals surface area contributed by atoms with Gasteiger partial charge in [0, 0.05) is 36.9 Å². The summed E-state index contributed by atoms with van der Waals surface area (Å²) in [7, 11) is 1.69. The van der Waals surface area contributed by atoms with Gasteiger partial charge in [-0.3, -0.25) is 4.98 Å². The van der Waals surface area contributed by atoms with Crippen LogP contribution < -0.4 is 15.0 Å². The van der Waals surface area contributed by atoms with Gasteiger partial charge in [-0.05, 0) is 32.8 Å². The zero-order valence-corrected chi connectivity index (χ0v) is 14.6. The maximum atomic E-state index is 5.41. The predicted molar refractivity (Wildman–Crippen MR) is 92.2 cm³/mol. The van der Waals surface area contributed by atoms with E-state index in [1.807, 2.05) is 19.2 Å². The second kappa shape index (κ2) is 7.23. The lowest BCUT2D eigenvalue weighted by atomic mass is 10.0. The smallest absolute Gasteiger partial charge is 0.208 e. The van der Waals surface area contributed by atoms with Crippen LogP contribution in [-0.2, 0) is 0 Å². The van der Waals surface area contributed by atoms with Crippen LogP contribution >= 0.6 is 11.3 Å². The molecule has 0 unspecified atom stereocenters. The number of piperidine rings is 1. The second-order valence-corrected chi connectivity index (χ2v) is 7.03. The molecule has 2 aromatic rings. The molecule has 1 aliphatic heterocycles. The molecule has 0 amide bonds. The molecule has 0 aromatic carbocycles. The van der Waals surface area contributed by atoms with Gasteiger partial charge in [-0.2, -0.15) is 0 Å². The van der Waals surface area contributed by atoms with E-state index in [0.29, 0.717) is 6.04 Å². The normalized spacial score (nSPS) is 17.3. The maximum absolute atomic E-state index is 5.41. The van der Waals surface area contributed by atoms with Crippen molar-refractivity contribution in [1.29, 1.82) is 0 Å². The molecule has 6 nitrogen and oxygen atoms in total. The van der Waals surface area contributed by atoms with E-state index in [1.165, 1.54) is 0 Å². The number of nitrogens with zero attached hydrogens (tertiary/aromatic N) is 4. The Hall–Kier alpha value is -1.73. The minimum absolute atomic E-state index is 0.244. The first-order valence-corrected chi connectivity index (χ1v) is 8.78. The van der Waals surface area contributed by atoms with Crippen LogP contribution in [0.5, 0.6) is 5.75 Å². The standard InChI is InChI=1S/C16H23N5OS/c1-11(14-4-7-17-10-15(14)22-3)18-13-5-8-21(9-6-13)16-20-19-12(2)23-16/h4,7,10-11,13,18H,5-6,8-9H2,1-3H3/t11-/m0/s1. The summed E-state index contributed by atoms with van der Waals surface area (Å²) < 4.78 is 5.41. The number of nitrogens with one attached hydrogen (secondary N) is 1. The average Bonchev–Trinajstić information content (AvgIpc) is 3.02. The van der Waals surface area contributed by atoms with Crippen LogP contribution in [0.4, 0.5) is 5.13 Å². The average molecular weight is 333 g/mol. The molecule has 0 aliphatic carbocycles. The molecular weight excluding hydrogens is 310 g/mol. The lowest BCUT2D eigenvalue weighted by molar-refractivity contribution is 0.364. The van der Waals surface area contributed by atoms with Crippen molar-refractivity contribution in [3.63, 3.8) is 0 Å². The van der Waals surface area contributed by atoms with Crippen molar-refractivity contribution in [2.24, 2.45) is 0 Å². The monoisotopic (exact) mass is 333 g/mol. The number of hydrogen-bond donors (Lipinski definition) is 1. The zero-order chi connectivity index (χ0) is 16.2. The van der Waals surface area contributed by atoms with Crippen LogP contribution in [0, 0.1) is 6.92 Å². The molecule has 0 radical (unpaired) electrons. The summed E-state index contributed by atoms with van der Waals surface area (Å²) in [6, 6.07) is 2.77. The first-order valence-electron chi connectivity index (χ1n) is 7.96. The molecular formula is C16H23N5OS. The third-order valence-electron chi connectivity index (χ3n) is 4.27. The maximum Gasteiger partial charge on any atom is 0.208 e. The van der Waals surface area contributed by atoms with Crippen LogP contribution in [0.2, 0.25) is 0 Å². The molecule has 7 heteroatoms. The Morgan fingerprint density at radius 1 is 1.35 bits per heavy atom.